The highest BCUT2D eigenvalue weighted by atomic mass is 16.6. The fourth-order valence-electron chi connectivity index (χ4n) is 3.83. The first-order valence-electron chi connectivity index (χ1n) is 11.4. The van der Waals surface area contributed by atoms with Crippen molar-refractivity contribution in [3.8, 4) is 11.8 Å². The lowest BCUT2D eigenvalue weighted by atomic mass is 9.71. The number of rotatable bonds is 12. The molecule has 2 aromatic rings. The topological polar surface area (TPSA) is 123 Å². The SMILES string of the molecule is CCCC(C)(CC(C)(C)C(=O)OCCOc1ccc(/N=N/c2ccc(C#N)nc2)cc1)C(=O)OC. The van der Waals surface area contributed by atoms with E-state index >= 15 is 0 Å². The maximum atomic E-state index is 12.7. The minimum absolute atomic E-state index is 0.0815. The molecular weight excluding hydrogens is 448 g/mol. The number of esters is 2. The number of hydrogen-bond acceptors (Lipinski definition) is 9. The molecule has 9 nitrogen and oxygen atoms in total. The van der Waals surface area contributed by atoms with Gasteiger partial charge < -0.3 is 14.2 Å². The fourth-order valence-corrected chi connectivity index (χ4v) is 3.83. The van der Waals surface area contributed by atoms with Crippen LogP contribution in [0, 0.1) is 22.2 Å². The average molecular weight is 481 g/mol. The summed E-state index contributed by atoms with van der Waals surface area (Å²) in [6, 6.07) is 12.1. The van der Waals surface area contributed by atoms with E-state index in [1.807, 2.05) is 19.9 Å². The number of carbonyl (C=O) groups is 2. The molecule has 0 N–H and O–H groups in total. The first-order valence-corrected chi connectivity index (χ1v) is 11.4. The van der Waals surface area contributed by atoms with E-state index in [0.717, 1.165) is 6.42 Å². The second kappa shape index (κ2) is 12.6. The van der Waals surface area contributed by atoms with Crippen LogP contribution in [0.4, 0.5) is 11.4 Å². The number of pyridine rings is 1. The standard InChI is InChI=1S/C26H32N4O5/c1-6-13-26(4,24(32)33-5)18-25(2,3)23(31)35-15-14-34-22-11-9-19(10-12-22)29-30-21-8-7-20(16-27)28-17-21/h7-12,17H,6,13-15,18H2,1-5H3/b30-29+. The zero-order valence-electron chi connectivity index (χ0n) is 20.9. The Morgan fingerprint density at radius 3 is 2.23 bits per heavy atom. The summed E-state index contributed by atoms with van der Waals surface area (Å²) >= 11 is 0. The molecule has 1 aromatic carbocycles. The summed E-state index contributed by atoms with van der Waals surface area (Å²) in [5.41, 5.74) is -0.130. The van der Waals surface area contributed by atoms with Gasteiger partial charge in [-0.15, -0.1) is 5.11 Å². The van der Waals surface area contributed by atoms with Crippen molar-refractivity contribution < 1.29 is 23.8 Å². The third kappa shape index (κ3) is 8.18. The first-order chi connectivity index (χ1) is 16.6. The van der Waals surface area contributed by atoms with Gasteiger partial charge >= 0.3 is 11.9 Å². The molecule has 186 valence electrons. The van der Waals surface area contributed by atoms with E-state index in [-0.39, 0.29) is 25.2 Å². The molecule has 1 unspecified atom stereocenters. The lowest BCUT2D eigenvalue weighted by Gasteiger charge is -2.33. The number of ether oxygens (including phenoxy) is 3. The Balaban J connectivity index is 1.82. The van der Waals surface area contributed by atoms with E-state index in [4.69, 9.17) is 19.5 Å². The van der Waals surface area contributed by atoms with Crippen molar-refractivity contribution in [3.05, 3.63) is 48.3 Å². The average Bonchev–Trinajstić information content (AvgIpc) is 2.85. The minimum atomic E-state index is -0.852. The van der Waals surface area contributed by atoms with Gasteiger partial charge in [0.1, 0.15) is 36.4 Å². The maximum absolute atomic E-state index is 12.7. The first kappa shape index (κ1) is 27.4. The number of nitrogens with zero attached hydrogens (tertiary/aromatic N) is 4. The van der Waals surface area contributed by atoms with Crippen LogP contribution in [0.5, 0.6) is 5.75 Å². The molecular formula is C26H32N4O5. The Morgan fingerprint density at radius 1 is 1.00 bits per heavy atom. The van der Waals surface area contributed by atoms with Gasteiger partial charge in [0, 0.05) is 0 Å². The lowest BCUT2D eigenvalue weighted by molar-refractivity contribution is -0.162. The molecule has 0 aliphatic heterocycles. The highest BCUT2D eigenvalue weighted by molar-refractivity contribution is 5.80. The molecule has 1 atom stereocenters. The third-order valence-electron chi connectivity index (χ3n) is 5.43. The maximum Gasteiger partial charge on any atom is 0.311 e. The number of methoxy groups -OCH3 is 1. The zero-order chi connectivity index (χ0) is 25.9. The highest BCUT2D eigenvalue weighted by Gasteiger charge is 2.43. The van der Waals surface area contributed by atoms with Gasteiger partial charge in [0.2, 0.25) is 0 Å². The highest BCUT2D eigenvalue weighted by Crippen LogP contribution is 2.39. The van der Waals surface area contributed by atoms with Crippen molar-refractivity contribution in [2.45, 2.75) is 47.0 Å². The van der Waals surface area contributed by atoms with Crippen LogP contribution in [0.3, 0.4) is 0 Å². The molecule has 1 heterocycles. The van der Waals surface area contributed by atoms with Crippen molar-refractivity contribution in [1.82, 2.24) is 4.98 Å². The summed E-state index contributed by atoms with van der Waals surface area (Å²) in [6.45, 7) is 7.63. The predicted octanol–water partition coefficient (Wildman–Crippen LogP) is 5.69. The summed E-state index contributed by atoms with van der Waals surface area (Å²) in [6.07, 6.45) is 3.23. The predicted molar refractivity (Wildman–Crippen MR) is 129 cm³/mol. The van der Waals surface area contributed by atoms with Crippen molar-refractivity contribution in [1.29, 1.82) is 5.26 Å². The number of azo groups is 1. The Bertz CT molecular complexity index is 1060. The van der Waals surface area contributed by atoms with Crippen LogP contribution in [-0.2, 0) is 19.1 Å². The van der Waals surface area contributed by atoms with E-state index in [1.54, 1.807) is 50.2 Å². The summed E-state index contributed by atoms with van der Waals surface area (Å²) in [7, 11) is 1.36. The van der Waals surface area contributed by atoms with Crippen LogP contribution in [0.1, 0.15) is 52.7 Å². The van der Waals surface area contributed by atoms with Crippen LogP contribution >= 0.6 is 0 Å². The molecule has 1 aromatic heterocycles. The molecule has 0 radical (unpaired) electrons. The van der Waals surface area contributed by atoms with Crippen LogP contribution < -0.4 is 4.74 Å². The number of nitriles is 1. The fraction of sp³-hybridized carbons (Fsp3) is 0.462. The molecule has 35 heavy (non-hydrogen) atoms. The quantitative estimate of drug-likeness (QED) is 0.217. The van der Waals surface area contributed by atoms with Gasteiger partial charge in [0.15, 0.2) is 0 Å². The molecule has 0 amide bonds. The van der Waals surface area contributed by atoms with Crippen LogP contribution in [0.25, 0.3) is 0 Å². The van der Waals surface area contributed by atoms with E-state index in [2.05, 4.69) is 15.2 Å². The summed E-state index contributed by atoms with van der Waals surface area (Å²) in [4.78, 5) is 28.9. The molecule has 0 saturated carbocycles. The Labute approximate surface area is 206 Å². The van der Waals surface area contributed by atoms with E-state index < -0.39 is 10.8 Å². The van der Waals surface area contributed by atoms with Gasteiger partial charge in [-0.05, 0) is 70.0 Å². The molecule has 0 saturated heterocycles. The van der Waals surface area contributed by atoms with Crippen LogP contribution in [-0.4, -0.2) is 37.2 Å². The van der Waals surface area contributed by atoms with Crippen molar-refractivity contribution >= 4 is 23.3 Å². The Kier molecular flexibility index (Phi) is 9.88. The number of benzene rings is 1. The molecule has 9 heteroatoms. The van der Waals surface area contributed by atoms with Crippen LogP contribution in [0.2, 0.25) is 0 Å². The normalized spacial score (nSPS) is 13.0. The van der Waals surface area contributed by atoms with Crippen molar-refractivity contribution in [2.24, 2.45) is 21.1 Å². The van der Waals surface area contributed by atoms with Gasteiger partial charge in [-0.1, -0.05) is 13.3 Å². The summed E-state index contributed by atoms with van der Waals surface area (Å²) in [5.74, 6) is -0.110. The van der Waals surface area contributed by atoms with Crippen molar-refractivity contribution in [2.75, 3.05) is 20.3 Å². The second-order valence-corrected chi connectivity index (χ2v) is 9.05. The Hall–Kier alpha value is -3.80. The summed E-state index contributed by atoms with van der Waals surface area (Å²) < 4.78 is 16.0. The molecule has 0 bridgehead atoms. The molecule has 2 rings (SSSR count). The molecule has 0 fully saturated rings. The number of hydrogen-bond donors (Lipinski definition) is 0. The molecule has 0 aliphatic rings. The van der Waals surface area contributed by atoms with Crippen LogP contribution in [0.15, 0.2) is 52.8 Å². The third-order valence-corrected chi connectivity index (χ3v) is 5.43. The number of carbonyl (C=O) groups excluding carboxylic acids is 2. The number of aromatic nitrogens is 1. The van der Waals surface area contributed by atoms with Gasteiger partial charge in [0.25, 0.3) is 0 Å². The van der Waals surface area contributed by atoms with Gasteiger partial charge in [-0.2, -0.15) is 10.4 Å². The van der Waals surface area contributed by atoms with Crippen molar-refractivity contribution in [3.63, 3.8) is 0 Å². The Morgan fingerprint density at radius 2 is 1.66 bits per heavy atom. The van der Waals surface area contributed by atoms with Gasteiger partial charge in [-0.3, -0.25) is 9.59 Å². The molecule has 0 aliphatic carbocycles. The largest absolute Gasteiger partial charge is 0.490 e. The summed E-state index contributed by atoms with van der Waals surface area (Å²) in [5, 5.41) is 17.0. The monoisotopic (exact) mass is 480 g/mol. The van der Waals surface area contributed by atoms with E-state index in [0.29, 0.717) is 35.7 Å². The smallest absolute Gasteiger partial charge is 0.311 e. The molecule has 0 spiro atoms. The minimum Gasteiger partial charge on any atom is -0.490 e. The zero-order valence-corrected chi connectivity index (χ0v) is 20.9. The lowest BCUT2D eigenvalue weighted by Crippen LogP contribution is -2.39. The van der Waals surface area contributed by atoms with E-state index in [1.165, 1.54) is 13.3 Å². The van der Waals surface area contributed by atoms with Gasteiger partial charge in [-0.25, -0.2) is 4.98 Å². The van der Waals surface area contributed by atoms with E-state index in [9.17, 15) is 9.59 Å². The van der Waals surface area contributed by atoms with Gasteiger partial charge in [0.05, 0.1) is 29.8 Å². The second-order valence-electron chi connectivity index (χ2n) is 9.05.